The van der Waals surface area contributed by atoms with E-state index in [1.54, 1.807) is 0 Å². The zero-order valence-electron chi connectivity index (χ0n) is 24.3. The molecule has 0 amide bonds. The largest absolute Gasteiger partial charge is 0.388 e. The minimum atomic E-state index is -0.0533. The molecular formula is C37H42N2. The van der Waals surface area contributed by atoms with Crippen molar-refractivity contribution in [1.82, 2.24) is 5.32 Å². The highest BCUT2D eigenvalue weighted by molar-refractivity contribution is 5.94. The Hall–Kier alpha value is -3.78. The Labute approximate surface area is 235 Å². The fourth-order valence-corrected chi connectivity index (χ4v) is 6.62. The lowest BCUT2D eigenvalue weighted by molar-refractivity contribution is 0.441. The molecule has 2 nitrogen and oxygen atoms in total. The average molecular weight is 515 g/mol. The van der Waals surface area contributed by atoms with Crippen molar-refractivity contribution < 1.29 is 0 Å². The summed E-state index contributed by atoms with van der Waals surface area (Å²) in [5, 5.41) is 6.11. The SMILES string of the molecule is CNC1=CCC2C=CC=CC2=C1C(C)(C)C/C=C/C=C/C=C/C=C1/N(C)c2ccc3ccccc3c2C1(C)C. The lowest BCUT2D eigenvalue weighted by atomic mass is 9.70. The van der Waals surface area contributed by atoms with Crippen molar-refractivity contribution >= 4 is 16.5 Å². The van der Waals surface area contributed by atoms with E-state index in [9.17, 15) is 0 Å². The van der Waals surface area contributed by atoms with Crippen LogP contribution in [-0.2, 0) is 5.41 Å². The van der Waals surface area contributed by atoms with Crippen LogP contribution in [-0.4, -0.2) is 14.1 Å². The molecule has 1 heterocycles. The Balaban J connectivity index is 1.26. The van der Waals surface area contributed by atoms with Gasteiger partial charge in [-0.25, -0.2) is 0 Å². The molecule has 39 heavy (non-hydrogen) atoms. The molecule has 0 radical (unpaired) electrons. The molecule has 200 valence electrons. The smallest absolute Gasteiger partial charge is 0.0454 e. The quantitative estimate of drug-likeness (QED) is 0.371. The Morgan fingerprint density at radius 2 is 1.77 bits per heavy atom. The number of benzene rings is 2. The number of fused-ring (bicyclic) bond motifs is 4. The first-order chi connectivity index (χ1) is 18.8. The summed E-state index contributed by atoms with van der Waals surface area (Å²) in [6.45, 7) is 9.38. The van der Waals surface area contributed by atoms with Gasteiger partial charge in [-0.1, -0.05) is 125 Å². The molecule has 5 rings (SSSR count). The summed E-state index contributed by atoms with van der Waals surface area (Å²) in [5.41, 5.74) is 8.21. The second-order valence-corrected chi connectivity index (χ2v) is 12.0. The van der Waals surface area contributed by atoms with Crippen molar-refractivity contribution in [3.05, 3.63) is 137 Å². The normalized spacial score (nSPS) is 21.6. The lowest BCUT2D eigenvalue weighted by Gasteiger charge is -2.36. The van der Waals surface area contributed by atoms with Gasteiger partial charge in [-0.3, -0.25) is 0 Å². The number of hydrogen-bond acceptors (Lipinski definition) is 2. The molecule has 0 fully saturated rings. The first-order valence-electron chi connectivity index (χ1n) is 14.2. The Morgan fingerprint density at radius 1 is 1.00 bits per heavy atom. The number of anilines is 1. The fraction of sp³-hybridized carbons (Fsp3) is 0.297. The summed E-state index contributed by atoms with van der Waals surface area (Å²) in [5.74, 6) is 0.500. The van der Waals surface area contributed by atoms with E-state index in [-0.39, 0.29) is 10.8 Å². The average Bonchev–Trinajstić information content (AvgIpc) is 3.13. The Bertz CT molecular complexity index is 1500. The van der Waals surface area contributed by atoms with Crippen molar-refractivity contribution in [2.45, 2.75) is 46.0 Å². The van der Waals surface area contributed by atoms with Crippen molar-refractivity contribution in [2.75, 3.05) is 19.0 Å². The monoisotopic (exact) mass is 514 g/mol. The highest BCUT2D eigenvalue weighted by Gasteiger charge is 2.39. The number of nitrogens with zero attached hydrogens (tertiary/aromatic N) is 1. The molecule has 1 N–H and O–H groups in total. The number of likely N-dealkylation sites (N-methyl/N-ethyl adjacent to an activating group) is 2. The highest BCUT2D eigenvalue weighted by atomic mass is 15.2. The van der Waals surface area contributed by atoms with Crippen LogP contribution >= 0.6 is 0 Å². The molecule has 0 saturated heterocycles. The standard InChI is InChI=1S/C37H42N2/c1-36(2,34-29-19-14-12-17-27(29)22-24-31(34)38-5)26-16-10-8-7-9-11-21-33-37(3,4)35-30-20-15-13-18-28(30)23-25-32(35)39(33)6/h7-21,23-25,27,38H,22,26H2,1-6H3/b8-7+,11-9+,16-10+,33-21+. The first-order valence-corrected chi connectivity index (χ1v) is 14.2. The first kappa shape index (κ1) is 26.8. The number of rotatable bonds is 7. The van der Waals surface area contributed by atoms with E-state index in [2.05, 4.69) is 154 Å². The second-order valence-electron chi connectivity index (χ2n) is 12.0. The summed E-state index contributed by atoms with van der Waals surface area (Å²) in [6.07, 6.45) is 28.7. The molecule has 0 bridgehead atoms. The molecule has 0 saturated carbocycles. The molecule has 1 aliphatic heterocycles. The van der Waals surface area contributed by atoms with E-state index >= 15 is 0 Å². The summed E-state index contributed by atoms with van der Waals surface area (Å²) in [4.78, 5) is 2.34. The highest BCUT2D eigenvalue weighted by Crippen LogP contribution is 2.50. The van der Waals surface area contributed by atoms with Crippen LogP contribution < -0.4 is 10.2 Å². The van der Waals surface area contributed by atoms with Crippen LogP contribution in [0.2, 0.25) is 0 Å². The van der Waals surface area contributed by atoms with Crippen molar-refractivity contribution in [1.29, 1.82) is 0 Å². The van der Waals surface area contributed by atoms with Gasteiger partial charge < -0.3 is 10.2 Å². The molecule has 2 aliphatic carbocycles. The third kappa shape index (κ3) is 5.01. The van der Waals surface area contributed by atoms with Crippen molar-refractivity contribution in [3.8, 4) is 0 Å². The van der Waals surface area contributed by atoms with Crippen molar-refractivity contribution in [2.24, 2.45) is 11.3 Å². The van der Waals surface area contributed by atoms with Crippen molar-refractivity contribution in [3.63, 3.8) is 0 Å². The van der Waals surface area contributed by atoms with Crippen LogP contribution in [0.4, 0.5) is 5.69 Å². The molecule has 1 unspecified atom stereocenters. The maximum absolute atomic E-state index is 3.45. The number of allylic oxidation sites excluding steroid dienone is 15. The van der Waals surface area contributed by atoms with E-state index in [0.29, 0.717) is 5.92 Å². The van der Waals surface area contributed by atoms with Gasteiger partial charge in [0.15, 0.2) is 0 Å². The third-order valence-electron chi connectivity index (χ3n) is 8.57. The molecule has 1 atom stereocenters. The third-order valence-corrected chi connectivity index (χ3v) is 8.57. The molecule has 2 aromatic carbocycles. The molecule has 0 spiro atoms. The van der Waals surface area contributed by atoms with Crippen LogP contribution in [0.1, 0.15) is 46.1 Å². The Morgan fingerprint density at radius 3 is 2.59 bits per heavy atom. The minimum absolute atomic E-state index is 0.0424. The summed E-state index contributed by atoms with van der Waals surface area (Å²) in [7, 11) is 4.22. The maximum Gasteiger partial charge on any atom is 0.0454 e. The van der Waals surface area contributed by atoms with Crippen LogP contribution in [0.3, 0.4) is 0 Å². The van der Waals surface area contributed by atoms with Crippen LogP contribution in [0.15, 0.2) is 132 Å². The van der Waals surface area contributed by atoms with Crippen LogP contribution in [0.25, 0.3) is 10.8 Å². The molecule has 2 heteroatoms. The zero-order chi connectivity index (χ0) is 27.6. The Kier molecular flexibility index (Phi) is 7.40. The van der Waals surface area contributed by atoms with Crippen LogP contribution in [0.5, 0.6) is 0 Å². The van der Waals surface area contributed by atoms with E-state index < -0.39 is 0 Å². The zero-order valence-corrected chi connectivity index (χ0v) is 24.3. The van der Waals surface area contributed by atoms with Gasteiger partial charge in [-0.2, -0.15) is 0 Å². The minimum Gasteiger partial charge on any atom is -0.388 e. The lowest BCUT2D eigenvalue weighted by Crippen LogP contribution is -2.27. The van der Waals surface area contributed by atoms with E-state index in [1.807, 2.05) is 7.05 Å². The maximum atomic E-state index is 3.45. The van der Waals surface area contributed by atoms with Gasteiger partial charge in [0.1, 0.15) is 0 Å². The van der Waals surface area contributed by atoms with Gasteiger partial charge >= 0.3 is 0 Å². The summed E-state index contributed by atoms with van der Waals surface area (Å²) in [6, 6.07) is 13.2. The van der Waals surface area contributed by atoms with E-state index in [0.717, 1.165) is 12.8 Å². The fourth-order valence-electron chi connectivity index (χ4n) is 6.62. The van der Waals surface area contributed by atoms with Gasteiger partial charge in [0.05, 0.1) is 0 Å². The summed E-state index contributed by atoms with van der Waals surface area (Å²) < 4.78 is 0. The summed E-state index contributed by atoms with van der Waals surface area (Å²) >= 11 is 0. The van der Waals surface area contributed by atoms with Gasteiger partial charge in [0.2, 0.25) is 0 Å². The number of hydrogen-bond donors (Lipinski definition) is 1. The van der Waals surface area contributed by atoms with E-state index in [4.69, 9.17) is 0 Å². The molecule has 2 aromatic rings. The van der Waals surface area contributed by atoms with Gasteiger partial charge in [-0.05, 0) is 57.9 Å². The van der Waals surface area contributed by atoms with E-state index in [1.165, 1.54) is 44.6 Å². The second kappa shape index (κ2) is 10.8. The number of nitrogens with one attached hydrogen (secondary N) is 1. The predicted octanol–water partition coefficient (Wildman–Crippen LogP) is 9.08. The molecule has 3 aliphatic rings. The molecular weight excluding hydrogens is 472 g/mol. The van der Waals surface area contributed by atoms with Crippen LogP contribution in [0, 0.1) is 11.3 Å². The van der Waals surface area contributed by atoms with Gasteiger partial charge in [-0.15, -0.1) is 0 Å². The topological polar surface area (TPSA) is 15.3 Å². The van der Waals surface area contributed by atoms with Gasteiger partial charge in [0.25, 0.3) is 0 Å². The molecule has 0 aromatic heterocycles. The van der Waals surface area contributed by atoms with Gasteiger partial charge in [0, 0.05) is 42.5 Å². The predicted molar refractivity (Wildman–Crippen MR) is 170 cm³/mol.